The Morgan fingerprint density at radius 1 is 1.40 bits per heavy atom. The van der Waals surface area contributed by atoms with Gasteiger partial charge < -0.3 is 0 Å². The van der Waals surface area contributed by atoms with Gasteiger partial charge in [0.2, 0.25) is 11.8 Å². The highest BCUT2D eigenvalue weighted by molar-refractivity contribution is 6.31. The lowest BCUT2D eigenvalue weighted by Gasteiger charge is -2.26. The fourth-order valence-corrected chi connectivity index (χ4v) is 2.00. The van der Waals surface area contributed by atoms with Crippen LogP contribution in [0.25, 0.3) is 0 Å². The third-order valence-corrected chi connectivity index (χ3v) is 2.69. The number of aryl methyl sites for hydroxylation is 1. The topological polar surface area (TPSA) is 37.4 Å². The van der Waals surface area contributed by atoms with Crippen molar-refractivity contribution in [1.82, 2.24) is 0 Å². The van der Waals surface area contributed by atoms with Crippen LogP contribution in [0.4, 0.5) is 5.69 Å². The molecule has 78 valence electrons. The highest BCUT2D eigenvalue weighted by atomic mass is 35.5. The van der Waals surface area contributed by atoms with Crippen LogP contribution in [0.5, 0.6) is 0 Å². The van der Waals surface area contributed by atoms with Crippen LogP contribution in [-0.2, 0) is 16.0 Å². The van der Waals surface area contributed by atoms with Crippen molar-refractivity contribution < 1.29 is 9.59 Å². The molecule has 1 aliphatic rings. The van der Waals surface area contributed by atoms with Gasteiger partial charge in [-0.25, -0.2) is 0 Å². The van der Waals surface area contributed by atoms with Gasteiger partial charge in [0, 0.05) is 18.4 Å². The summed E-state index contributed by atoms with van der Waals surface area (Å²) in [6, 6.07) is 5.21. The number of nitrogens with zero attached hydrogens (tertiary/aromatic N) is 1. The van der Waals surface area contributed by atoms with Crippen molar-refractivity contribution in [3.05, 3.63) is 28.8 Å². The van der Waals surface area contributed by atoms with Crippen molar-refractivity contribution in [2.45, 2.75) is 19.8 Å². The molecule has 0 saturated heterocycles. The fraction of sp³-hybridized carbons (Fsp3) is 0.273. The second kappa shape index (κ2) is 3.66. The molecule has 1 aliphatic heterocycles. The maximum atomic E-state index is 11.6. The van der Waals surface area contributed by atoms with Crippen LogP contribution >= 0.6 is 11.6 Å². The molecular formula is C11H10ClNO2. The molecule has 2 amide bonds. The number of fused-ring (bicyclic) bond motifs is 1. The molecule has 0 atom stereocenters. The Labute approximate surface area is 92.6 Å². The average molecular weight is 224 g/mol. The van der Waals surface area contributed by atoms with Crippen LogP contribution in [0.15, 0.2) is 18.2 Å². The highest BCUT2D eigenvalue weighted by Gasteiger charge is 2.26. The van der Waals surface area contributed by atoms with Gasteiger partial charge in [0.05, 0.1) is 5.69 Å². The Bertz CT molecular complexity index is 442. The van der Waals surface area contributed by atoms with Gasteiger partial charge >= 0.3 is 0 Å². The van der Waals surface area contributed by atoms with Crippen molar-refractivity contribution in [2.24, 2.45) is 0 Å². The molecule has 0 unspecified atom stereocenters. The van der Waals surface area contributed by atoms with Crippen molar-refractivity contribution in [3.8, 4) is 0 Å². The summed E-state index contributed by atoms with van der Waals surface area (Å²) in [5, 5.41) is 0.631. The minimum absolute atomic E-state index is 0.141. The minimum atomic E-state index is -0.247. The van der Waals surface area contributed by atoms with Crippen molar-refractivity contribution in [2.75, 3.05) is 4.90 Å². The number of hydrogen-bond donors (Lipinski definition) is 0. The van der Waals surface area contributed by atoms with E-state index in [9.17, 15) is 9.59 Å². The summed E-state index contributed by atoms with van der Waals surface area (Å²) >= 11 is 5.85. The quantitative estimate of drug-likeness (QED) is 0.676. The zero-order chi connectivity index (χ0) is 11.0. The predicted octanol–water partition coefficient (Wildman–Crippen LogP) is 2.17. The molecule has 0 aliphatic carbocycles. The number of carbonyl (C=O) groups excluding carboxylic acids is 2. The van der Waals surface area contributed by atoms with Gasteiger partial charge in [0.15, 0.2) is 0 Å². The van der Waals surface area contributed by atoms with E-state index < -0.39 is 0 Å². The third kappa shape index (κ3) is 1.75. The van der Waals surface area contributed by atoms with Gasteiger partial charge in [-0.05, 0) is 30.2 Å². The van der Waals surface area contributed by atoms with Crippen LogP contribution in [-0.4, -0.2) is 11.8 Å². The van der Waals surface area contributed by atoms with Crippen molar-refractivity contribution in [3.63, 3.8) is 0 Å². The van der Waals surface area contributed by atoms with Crippen LogP contribution in [0.3, 0.4) is 0 Å². The van der Waals surface area contributed by atoms with Gasteiger partial charge in [-0.2, -0.15) is 0 Å². The lowest BCUT2D eigenvalue weighted by Crippen LogP contribution is -2.38. The SMILES string of the molecule is CC(=O)N1C(=O)CCc2cc(Cl)ccc21. The molecule has 1 aromatic carbocycles. The summed E-state index contributed by atoms with van der Waals surface area (Å²) in [4.78, 5) is 24.1. The normalized spacial score (nSPS) is 15.1. The lowest BCUT2D eigenvalue weighted by molar-refractivity contribution is -0.125. The Morgan fingerprint density at radius 3 is 2.80 bits per heavy atom. The van der Waals surface area contributed by atoms with Crippen LogP contribution in [0, 0.1) is 0 Å². The molecule has 3 nitrogen and oxygen atoms in total. The summed E-state index contributed by atoms with van der Waals surface area (Å²) in [5.74, 6) is -0.388. The summed E-state index contributed by atoms with van der Waals surface area (Å²) in [6.07, 6.45) is 1.02. The van der Waals surface area contributed by atoms with Gasteiger partial charge in [0.25, 0.3) is 0 Å². The van der Waals surface area contributed by atoms with Crippen LogP contribution in [0.2, 0.25) is 5.02 Å². The fourth-order valence-electron chi connectivity index (χ4n) is 1.81. The Hall–Kier alpha value is -1.35. The predicted molar refractivity (Wildman–Crippen MR) is 57.9 cm³/mol. The van der Waals surface area contributed by atoms with E-state index in [0.29, 0.717) is 23.6 Å². The van der Waals surface area contributed by atoms with Gasteiger partial charge in [-0.15, -0.1) is 0 Å². The van der Waals surface area contributed by atoms with Crippen molar-refractivity contribution >= 4 is 29.1 Å². The number of halogens is 1. The lowest BCUT2D eigenvalue weighted by atomic mass is 10.0. The first-order chi connectivity index (χ1) is 7.09. The second-order valence-electron chi connectivity index (χ2n) is 3.52. The minimum Gasteiger partial charge on any atom is -0.274 e. The molecule has 2 rings (SSSR count). The number of imide groups is 1. The molecule has 0 bridgehead atoms. The van der Waals surface area contributed by atoms with E-state index in [1.165, 1.54) is 11.8 Å². The average Bonchev–Trinajstić information content (AvgIpc) is 2.17. The molecule has 0 N–H and O–H groups in total. The monoisotopic (exact) mass is 223 g/mol. The molecule has 1 heterocycles. The molecule has 0 radical (unpaired) electrons. The number of anilines is 1. The Morgan fingerprint density at radius 2 is 2.13 bits per heavy atom. The summed E-state index contributed by atoms with van der Waals surface area (Å²) in [5.41, 5.74) is 1.63. The number of carbonyl (C=O) groups is 2. The van der Waals surface area contributed by atoms with Gasteiger partial charge in [-0.3, -0.25) is 14.5 Å². The van der Waals surface area contributed by atoms with E-state index in [2.05, 4.69) is 0 Å². The smallest absolute Gasteiger partial charge is 0.234 e. The molecule has 4 heteroatoms. The zero-order valence-corrected chi connectivity index (χ0v) is 9.04. The summed E-state index contributed by atoms with van der Waals surface area (Å²) < 4.78 is 0. The van der Waals surface area contributed by atoms with E-state index in [1.54, 1.807) is 18.2 Å². The number of amides is 2. The van der Waals surface area contributed by atoms with E-state index in [1.807, 2.05) is 0 Å². The number of rotatable bonds is 0. The van der Waals surface area contributed by atoms with E-state index in [-0.39, 0.29) is 11.8 Å². The van der Waals surface area contributed by atoms with E-state index in [4.69, 9.17) is 11.6 Å². The van der Waals surface area contributed by atoms with Gasteiger partial charge in [0.1, 0.15) is 0 Å². The molecular weight excluding hydrogens is 214 g/mol. The summed E-state index contributed by atoms with van der Waals surface area (Å²) in [6.45, 7) is 1.39. The maximum Gasteiger partial charge on any atom is 0.234 e. The zero-order valence-electron chi connectivity index (χ0n) is 8.29. The first-order valence-electron chi connectivity index (χ1n) is 4.71. The molecule has 15 heavy (non-hydrogen) atoms. The number of hydrogen-bond acceptors (Lipinski definition) is 2. The van der Waals surface area contributed by atoms with Crippen molar-refractivity contribution in [1.29, 1.82) is 0 Å². The van der Waals surface area contributed by atoms with E-state index in [0.717, 1.165) is 5.56 Å². The van der Waals surface area contributed by atoms with Crippen LogP contribution < -0.4 is 4.90 Å². The Balaban J connectivity index is 2.53. The van der Waals surface area contributed by atoms with Gasteiger partial charge in [-0.1, -0.05) is 11.6 Å². The molecule has 0 spiro atoms. The van der Waals surface area contributed by atoms with E-state index >= 15 is 0 Å². The first kappa shape index (κ1) is 10.2. The molecule has 0 saturated carbocycles. The molecule has 0 fully saturated rings. The van der Waals surface area contributed by atoms with Crippen LogP contribution in [0.1, 0.15) is 18.9 Å². The first-order valence-corrected chi connectivity index (χ1v) is 5.09. The standard InChI is InChI=1S/C11H10ClNO2/c1-7(14)13-10-4-3-9(12)6-8(10)2-5-11(13)15/h3-4,6H,2,5H2,1H3. The molecule has 1 aromatic rings. The number of benzene rings is 1. The third-order valence-electron chi connectivity index (χ3n) is 2.45. The summed E-state index contributed by atoms with van der Waals surface area (Å²) in [7, 11) is 0. The second-order valence-corrected chi connectivity index (χ2v) is 3.96. The molecule has 0 aromatic heterocycles. The highest BCUT2D eigenvalue weighted by Crippen LogP contribution is 2.30. The largest absolute Gasteiger partial charge is 0.274 e. The Kier molecular flexibility index (Phi) is 2.49. The maximum absolute atomic E-state index is 11.6.